The summed E-state index contributed by atoms with van der Waals surface area (Å²) in [5.41, 5.74) is 1.48. The van der Waals surface area contributed by atoms with Gasteiger partial charge >= 0.3 is 0 Å². The summed E-state index contributed by atoms with van der Waals surface area (Å²) in [4.78, 5) is 15.2. The van der Waals surface area contributed by atoms with Crippen LogP contribution in [0.15, 0.2) is 41.3 Å². The van der Waals surface area contributed by atoms with E-state index in [-0.39, 0.29) is 0 Å². The fraction of sp³-hybridized carbons (Fsp3) is 0. The summed E-state index contributed by atoms with van der Waals surface area (Å²) in [5, 5.41) is 4.26. The topological polar surface area (TPSA) is 60.4 Å². The summed E-state index contributed by atoms with van der Waals surface area (Å²) in [6.07, 6.45) is 5.65. The van der Waals surface area contributed by atoms with Gasteiger partial charge in [0.15, 0.2) is 17.7 Å². The lowest BCUT2D eigenvalue weighted by atomic mass is 10.2. The van der Waals surface area contributed by atoms with Gasteiger partial charge in [0.25, 0.3) is 0 Å². The van der Waals surface area contributed by atoms with Crippen LogP contribution >= 0.6 is 0 Å². The minimum absolute atomic E-state index is 0.440. The Morgan fingerprint density at radius 1 is 1.38 bits per heavy atom. The Bertz CT molecular complexity index is 640. The Balaban J connectivity index is 2.37. The quantitative estimate of drug-likeness (QED) is 0.609. The third-order valence-electron chi connectivity index (χ3n) is 2.30. The first-order chi connectivity index (χ1) is 7.90. The zero-order valence-corrected chi connectivity index (χ0v) is 8.20. The normalized spacial score (nSPS) is 10.8. The molecule has 0 spiro atoms. The number of aromatic nitrogens is 3. The molecular formula is C11H7N3O2. The molecule has 0 aromatic carbocycles. The first-order valence-electron chi connectivity index (χ1n) is 4.72. The molecule has 3 rings (SSSR count). The van der Waals surface area contributed by atoms with Crippen LogP contribution in [0.4, 0.5) is 0 Å². The van der Waals surface area contributed by atoms with E-state index in [2.05, 4.69) is 10.1 Å². The van der Waals surface area contributed by atoms with Gasteiger partial charge in [-0.25, -0.2) is 9.50 Å². The van der Waals surface area contributed by atoms with Crippen LogP contribution in [0, 0.1) is 0 Å². The maximum atomic E-state index is 11.1. The zero-order chi connectivity index (χ0) is 11.0. The molecule has 0 atom stereocenters. The fourth-order valence-electron chi connectivity index (χ4n) is 1.61. The highest BCUT2D eigenvalue weighted by molar-refractivity contribution is 5.92. The van der Waals surface area contributed by atoms with Crippen LogP contribution in [0.3, 0.4) is 0 Å². The summed E-state index contributed by atoms with van der Waals surface area (Å²) in [6.45, 7) is 0. The van der Waals surface area contributed by atoms with Crippen molar-refractivity contribution in [2.75, 3.05) is 0 Å². The predicted molar refractivity (Wildman–Crippen MR) is 56.1 cm³/mol. The van der Waals surface area contributed by atoms with E-state index in [0.29, 0.717) is 22.7 Å². The molecule has 3 heterocycles. The number of nitrogens with zero attached hydrogens (tertiary/aromatic N) is 3. The van der Waals surface area contributed by atoms with E-state index in [0.717, 1.165) is 6.29 Å². The lowest BCUT2D eigenvalue weighted by Gasteiger charge is -1.89. The van der Waals surface area contributed by atoms with Crippen molar-refractivity contribution in [3.63, 3.8) is 0 Å². The molecule has 16 heavy (non-hydrogen) atoms. The van der Waals surface area contributed by atoms with Gasteiger partial charge in [-0.2, -0.15) is 5.10 Å². The molecule has 0 unspecified atom stereocenters. The van der Waals surface area contributed by atoms with Gasteiger partial charge in [-0.05, 0) is 18.2 Å². The number of aldehydes is 1. The second kappa shape index (κ2) is 3.30. The van der Waals surface area contributed by atoms with Crippen LogP contribution in [0.2, 0.25) is 0 Å². The van der Waals surface area contributed by atoms with Crippen LogP contribution in [-0.2, 0) is 0 Å². The van der Waals surface area contributed by atoms with Gasteiger partial charge in [0.2, 0.25) is 0 Å². The van der Waals surface area contributed by atoms with Crippen LogP contribution < -0.4 is 0 Å². The number of hydrogen-bond donors (Lipinski definition) is 0. The Labute approximate surface area is 90.3 Å². The van der Waals surface area contributed by atoms with E-state index in [1.807, 2.05) is 0 Å². The molecule has 78 valence electrons. The van der Waals surface area contributed by atoms with Crippen LogP contribution in [0.25, 0.3) is 17.1 Å². The smallest absolute Gasteiger partial charge is 0.166 e. The monoisotopic (exact) mass is 213 g/mol. The molecule has 0 aliphatic heterocycles. The summed E-state index contributed by atoms with van der Waals surface area (Å²) < 4.78 is 6.79. The van der Waals surface area contributed by atoms with E-state index in [4.69, 9.17) is 4.42 Å². The molecule has 0 N–H and O–H groups in total. The molecule has 0 saturated heterocycles. The summed E-state index contributed by atoms with van der Waals surface area (Å²) in [5.74, 6) is 0.563. The molecule has 0 aliphatic rings. The summed E-state index contributed by atoms with van der Waals surface area (Å²) in [6, 6.07) is 5.26. The first-order valence-corrected chi connectivity index (χ1v) is 4.72. The van der Waals surface area contributed by atoms with Crippen molar-refractivity contribution in [3.8, 4) is 11.5 Å². The minimum atomic E-state index is 0.440. The molecule has 0 fully saturated rings. The van der Waals surface area contributed by atoms with E-state index < -0.39 is 0 Å². The maximum Gasteiger partial charge on any atom is 0.166 e. The van der Waals surface area contributed by atoms with Crippen LogP contribution in [0.5, 0.6) is 0 Å². The first kappa shape index (κ1) is 8.84. The summed E-state index contributed by atoms with van der Waals surface area (Å²) >= 11 is 0. The minimum Gasteiger partial charge on any atom is -0.463 e. The molecule has 0 amide bonds. The van der Waals surface area contributed by atoms with Gasteiger partial charge in [-0.15, -0.1) is 0 Å². The molecule has 0 radical (unpaired) electrons. The van der Waals surface area contributed by atoms with Gasteiger partial charge < -0.3 is 4.42 Å². The zero-order valence-electron chi connectivity index (χ0n) is 8.20. The number of fused-ring (bicyclic) bond motifs is 1. The largest absolute Gasteiger partial charge is 0.463 e. The predicted octanol–water partition coefficient (Wildman–Crippen LogP) is 1.80. The number of rotatable bonds is 2. The summed E-state index contributed by atoms with van der Waals surface area (Å²) in [7, 11) is 0. The number of hydrogen-bond acceptors (Lipinski definition) is 4. The Kier molecular flexibility index (Phi) is 1.83. The lowest BCUT2D eigenvalue weighted by molar-refractivity contribution is 0.112. The molecular weight excluding hydrogens is 206 g/mol. The standard InChI is InChI=1S/C11H7N3O2/c15-7-8-10(9-3-1-6-16-9)13-14-5-2-4-12-11(8)14/h1-7H. The molecule has 5 nitrogen and oxygen atoms in total. The van der Waals surface area contributed by atoms with Crippen molar-refractivity contribution >= 4 is 11.9 Å². The number of carbonyl (C=O) groups excluding carboxylic acids is 1. The number of carbonyl (C=O) groups is 1. The van der Waals surface area contributed by atoms with Crippen LogP contribution in [-0.4, -0.2) is 20.9 Å². The van der Waals surface area contributed by atoms with E-state index in [1.54, 1.807) is 41.4 Å². The van der Waals surface area contributed by atoms with Crippen molar-refractivity contribution < 1.29 is 9.21 Å². The van der Waals surface area contributed by atoms with Gasteiger partial charge in [-0.1, -0.05) is 0 Å². The molecule has 0 aliphatic carbocycles. The second-order valence-corrected chi connectivity index (χ2v) is 3.25. The second-order valence-electron chi connectivity index (χ2n) is 3.25. The van der Waals surface area contributed by atoms with Gasteiger partial charge in [0.1, 0.15) is 5.69 Å². The third-order valence-corrected chi connectivity index (χ3v) is 2.30. The Morgan fingerprint density at radius 2 is 2.31 bits per heavy atom. The molecule has 0 bridgehead atoms. The molecule has 3 aromatic heterocycles. The van der Waals surface area contributed by atoms with E-state index in [1.165, 1.54) is 0 Å². The number of furan rings is 1. The average molecular weight is 213 g/mol. The molecule has 0 saturated carbocycles. The van der Waals surface area contributed by atoms with Crippen molar-refractivity contribution in [1.29, 1.82) is 0 Å². The van der Waals surface area contributed by atoms with Crippen molar-refractivity contribution in [2.45, 2.75) is 0 Å². The fourth-order valence-corrected chi connectivity index (χ4v) is 1.61. The highest BCUT2D eigenvalue weighted by Crippen LogP contribution is 2.23. The Morgan fingerprint density at radius 3 is 3.06 bits per heavy atom. The van der Waals surface area contributed by atoms with Crippen molar-refractivity contribution in [1.82, 2.24) is 14.6 Å². The van der Waals surface area contributed by atoms with Gasteiger partial charge in [-0.3, -0.25) is 4.79 Å². The van der Waals surface area contributed by atoms with Crippen molar-refractivity contribution in [3.05, 3.63) is 42.4 Å². The lowest BCUT2D eigenvalue weighted by Crippen LogP contribution is -1.88. The van der Waals surface area contributed by atoms with Crippen molar-refractivity contribution in [2.24, 2.45) is 0 Å². The van der Waals surface area contributed by atoms with Gasteiger partial charge in [0.05, 0.1) is 11.8 Å². The van der Waals surface area contributed by atoms with Gasteiger partial charge in [0, 0.05) is 12.4 Å². The Hall–Kier alpha value is -2.43. The van der Waals surface area contributed by atoms with E-state index in [9.17, 15) is 4.79 Å². The SMILES string of the molecule is O=Cc1c(-c2ccco2)nn2cccnc12. The third kappa shape index (κ3) is 1.15. The average Bonchev–Trinajstić information content (AvgIpc) is 2.95. The highest BCUT2D eigenvalue weighted by Gasteiger charge is 2.16. The molecule has 5 heteroatoms. The molecule has 3 aromatic rings. The highest BCUT2D eigenvalue weighted by atomic mass is 16.3. The van der Waals surface area contributed by atoms with E-state index >= 15 is 0 Å². The van der Waals surface area contributed by atoms with Crippen LogP contribution in [0.1, 0.15) is 10.4 Å². The maximum absolute atomic E-state index is 11.1.